The summed E-state index contributed by atoms with van der Waals surface area (Å²) in [5.74, 6) is -0.416. The Morgan fingerprint density at radius 2 is 1.77 bits per heavy atom. The number of H-pyrrole nitrogens is 1. The highest BCUT2D eigenvalue weighted by Crippen LogP contribution is 2.30. The second-order valence-corrected chi connectivity index (χ2v) is 7.81. The Labute approximate surface area is 175 Å². The largest absolute Gasteiger partial charge is 0.341 e. The van der Waals surface area contributed by atoms with Gasteiger partial charge in [-0.25, -0.2) is 4.79 Å². The SMILES string of the molecule is CCN(CC)C(=O)C1(NC(=O)c2ccc3c(=O)n(CC)c(=O)[nH]c3c2)CCCCC1. The molecule has 8 nitrogen and oxygen atoms in total. The zero-order valence-electron chi connectivity index (χ0n) is 17.9. The fraction of sp³-hybridized carbons (Fsp3) is 0.545. The number of aromatic nitrogens is 2. The third kappa shape index (κ3) is 3.91. The maximum absolute atomic E-state index is 13.2. The fourth-order valence-electron chi connectivity index (χ4n) is 4.33. The highest BCUT2D eigenvalue weighted by molar-refractivity contribution is 6.01. The molecule has 1 aromatic heterocycles. The Bertz CT molecular complexity index is 1060. The van der Waals surface area contributed by atoms with Crippen LogP contribution in [0.25, 0.3) is 10.9 Å². The first-order chi connectivity index (χ1) is 14.4. The van der Waals surface area contributed by atoms with Crippen molar-refractivity contribution >= 4 is 22.7 Å². The molecule has 1 heterocycles. The summed E-state index contributed by atoms with van der Waals surface area (Å²) >= 11 is 0. The minimum atomic E-state index is -0.907. The van der Waals surface area contributed by atoms with E-state index < -0.39 is 11.2 Å². The van der Waals surface area contributed by atoms with Crippen LogP contribution in [0.2, 0.25) is 0 Å². The molecule has 2 N–H and O–H groups in total. The summed E-state index contributed by atoms with van der Waals surface area (Å²) in [4.78, 5) is 55.3. The van der Waals surface area contributed by atoms with Gasteiger partial charge < -0.3 is 15.2 Å². The van der Waals surface area contributed by atoms with Crippen LogP contribution in [0.3, 0.4) is 0 Å². The van der Waals surface area contributed by atoms with Gasteiger partial charge in [0.2, 0.25) is 5.91 Å². The molecule has 1 aliphatic rings. The van der Waals surface area contributed by atoms with E-state index in [1.54, 1.807) is 24.0 Å². The molecule has 2 aromatic rings. The monoisotopic (exact) mass is 414 g/mol. The lowest BCUT2D eigenvalue weighted by Crippen LogP contribution is -2.60. The summed E-state index contributed by atoms with van der Waals surface area (Å²) in [6, 6.07) is 4.62. The number of benzene rings is 1. The van der Waals surface area contributed by atoms with Gasteiger partial charge in [0.05, 0.1) is 10.9 Å². The fourth-order valence-corrected chi connectivity index (χ4v) is 4.33. The first kappa shape index (κ1) is 21.8. The van der Waals surface area contributed by atoms with E-state index in [4.69, 9.17) is 0 Å². The average molecular weight is 415 g/mol. The summed E-state index contributed by atoms with van der Waals surface area (Å²) in [5, 5.41) is 3.36. The van der Waals surface area contributed by atoms with Gasteiger partial charge in [-0.05, 0) is 51.8 Å². The minimum absolute atomic E-state index is 0.0411. The van der Waals surface area contributed by atoms with Gasteiger partial charge in [0, 0.05) is 25.2 Å². The summed E-state index contributed by atoms with van der Waals surface area (Å²) in [7, 11) is 0. The second kappa shape index (κ2) is 8.85. The van der Waals surface area contributed by atoms with Crippen molar-refractivity contribution in [1.29, 1.82) is 0 Å². The van der Waals surface area contributed by atoms with Gasteiger partial charge in [-0.3, -0.25) is 19.0 Å². The van der Waals surface area contributed by atoms with E-state index in [0.29, 0.717) is 42.4 Å². The lowest BCUT2D eigenvalue weighted by molar-refractivity contribution is -0.139. The van der Waals surface area contributed by atoms with Crippen molar-refractivity contribution in [2.45, 2.75) is 65.0 Å². The average Bonchev–Trinajstić information content (AvgIpc) is 2.75. The Kier molecular flexibility index (Phi) is 6.43. The predicted molar refractivity (Wildman–Crippen MR) is 116 cm³/mol. The highest BCUT2D eigenvalue weighted by Gasteiger charge is 2.42. The number of hydrogen-bond acceptors (Lipinski definition) is 4. The third-order valence-electron chi connectivity index (χ3n) is 6.08. The summed E-state index contributed by atoms with van der Waals surface area (Å²) in [5.41, 5.74) is -1.18. The summed E-state index contributed by atoms with van der Waals surface area (Å²) in [6.45, 7) is 7.04. The number of likely N-dealkylation sites (N-methyl/N-ethyl adjacent to an activating group) is 1. The zero-order chi connectivity index (χ0) is 21.9. The summed E-state index contributed by atoms with van der Waals surface area (Å²) < 4.78 is 1.11. The molecule has 0 spiro atoms. The smallest absolute Gasteiger partial charge is 0.328 e. The maximum Gasteiger partial charge on any atom is 0.328 e. The molecular formula is C22H30N4O4. The van der Waals surface area contributed by atoms with Crippen molar-refractivity contribution in [3.05, 3.63) is 44.6 Å². The van der Waals surface area contributed by atoms with Crippen molar-refractivity contribution < 1.29 is 9.59 Å². The maximum atomic E-state index is 13.2. The number of amides is 2. The molecule has 8 heteroatoms. The molecule has 3 rings (SSSR count). The van der Waals surface area contributed by atoms with Crippen molar-refractivity contribution in [3.8, 4) is 0 Å². The van der Waals surface area contributed by atoms with Gasteiger partial charge in [0.25, 0.3) is 11.5 Å². The first-order valence-electron chi connectivity index (χ1n) is 10.8. The van der Waals surface area contributed by atoms with Gasteiger partial charge in [0.1, 0.15) is 5.54 Å². The Morgan fingerprint density at radius 3 is 2.37 bits per heavy atom. The Hall–Kier alpha value is -2.90. The van der Waals surface area contributed by atoms with Gasteiger partial charge in [-0.2, -0.15) is 0 Å². The molecule has 0 saturated heterocycles. The van der Waals surface area contributed by atoms with Crippen LogP contribution in [-0.2, 0) is 11.3 Å². The summed E-state index contributed by atoms with van der Waals surface area (Å²) in [6.07, 6.45) is 4.03. The third-order valence-corrected chi connectivity index (χ3v) is 6.08. The molecule has 162 valence electrons. The van der Waals surface area contributed by atoms with Crippen LogP contribution in [0.5, 0.6) is 0 Å². The molecule has 1 aliphatic carbocycles. The standard InChI is InChI=1S/C22H30N4O4/c1-4-25(5-2)20(29)22(12-8-7-9-13-22)24-18(27)15-10-11-16-17(14-15)23-21(30)26(6-3)19(16)28/h10-11,14H,4-9,12-13H2,1-3H3,(H,23,30)(H,24,27). The van der Waals surface area contributed by atoms with Gasteiger partial charge in [-0.1, -0.05) is 19.3 Å². The lowest BCUT2D eigenvalue weighted by Gasteiger charge is -2.40. The number of carbonyl (C=O) groups is 2. The van der Waals surface area contributed by atoms with Crippen LogP contribution < -0.4 is 16.6 Å². The minimum Gasteiger partial charge on any atom is -0.341 e. The topological polar surface area (TPSA) is 104 Å². The van der Waals surface area contributed by atoms with Gasteiger partial charge in [-0.15, -0.1) is 0 Å². The molecule has 2 amide bonds. The van der Waals surface area contributed by atoms with Crippen LogP contribution in [0.4, 0.5) is 0 Å². The number of fused-ring (bicyclic) bond motifs is 1. The van der Waals surface area contributed by atoms with E-state index in [0.717, 1.165) is 23.8 Å². The molecule has 1 fully saturated rings. The molecule has 1 saturated carbocycles. The number of carbonyl (C=O) groups excluding carboxylic acids is 2. The van der Waals surface area contributed by atoms with Crippen molar-refractivity contribution in [3.63, 3.8) is 0 Å². The quantitative estimate of drug-likeness (QED) is 0.754. The number of nitrogens with zero attached hydrogens (tertiary/aromatic N) is 2. The number of nitrogens with one attached hydrogen (secondary N) is 2. The first-order valence-corrected chi connectivity index (χ1v) is 10.8. The van der Waals surface area contributed by atoms with Gasteiger partial charge >= 0.3 is 5.69 Å². The zero-order valence-corrected chi connectivity index (χ0v) is 17.9. The number of aromatic amines is 1. The van der Waals surface area contributed by atoms with E-state index in [1.165, 1.54) is 6.07 Å². The molecule has 0 radical (unpaired) electrons. The van der Waals surface area contributed by atoms with Crippen LogP contribution in [-0.4, -0.2) is 44.9 Å². The van der Waals surface area contributed by atoms with Crippen LogP contribution in [0, 0.1) is 0 Å². The lowest BCUT2D eigenvalue weighted by atomic mass is 9.80. The highest BCUT2D eigenvalue weighted by atomic mass is 16.2. The predicted octanol–water partition coefficient (Wildman–Crippen LogP) is 2.01. The van der Waals surface area contributed by atoms with Crippen LogP contribution in [0.1, 0.15) is 63.2 Å². The molecule has 0 unspecified atom stereocenters. The Balaban J connectivity index is 1.96. The molecule has 0 bridgehead atoms. The molecule has 1 aromatic carbocycles. The van der Waals surface area contributed by atoms with Gasteiger partial charge in [0.15, 0.2) is 0 Å². The van der Waals surface area contributed by atoms with Crippen molar-refractivity contribution in [2.75, 3.05) is 13.1 Å². The van der Waals surface area contributed by atoms with E-state index in [9.17, 15) is 19.2 Å². The van der Waals surface area contributed by atoms with Crippen molar-refractivity contribution in [2.24, 2.45) is 0 Å². The number of hydrogen-bond donors (Lipinski definition) is 2. The van der Waals surface area contributed by atoms with E-state index in [2.05, 4.69) is 10.3 Å². The Morgan fingerprint density at radius 1 is 1.10 bits per heavy atom. The van der Waals surface area contributed by atoms with Crippen molar-refractivity contribution in [1.82, 2.24) is 19.8 Å². The van der Waals surface area contributed by atoms with E-state index in [1.807, 2.05) is 13.8 Å². The molecule has 0 aliphatic heterocycles. The normalized spacial score (nSPS) is 15.7. The molecule has 0 atom stereocenters. The van der Waals surface area contributed by atoms with E-state index in [-0.39, 0.29) is 23.9 Å². The van der Waals surface area contributed by atoms with Crippen LogP contribution in [0.15, 0.2) is 27.8 Å². The van der Waals surface area contributed by atoms with E-state index >= 15 is 0 Å². The van der Waals surface area contributed by atoms with Crippen LogP contribution >= 0.6 is 0 Å². The molecular weight excluding hydrogens is 384 g/mol. The number of rotatable bonds is 6. The molecule has 30 heavy (non-hydrogen) atoms. The second-order valence-electron chi connectivity index (χ2n) is 7.81.